The first-order valence-electron chi connectivity index (χ1n) is 0.671. The molecule has 0 unspecified atom stereocenters. The summed E-state index contributed by atoms with van der Waals surface area (Å²) in [6, 6.07) is 0. The van der Waals surface area contributed by atoms with Gasteiger partial charge < -0.3 is 33.8 Å². The zero-order chi connectivity index (χ0) is 3.58. The first-order chi connectivity index (χ1) is 1.73. The van der Waals surface area contributed by atoms with Gasteiger partial charge in [0.25, 0.3) is 0 Å². The van der Waals surface area contributed by atoms with Crippen LogP contribution in [0, 0.1) is 0 Å². The first kappa shape index (κ1) is 5.72. The molecule has 4 heavy (non-hydrogen) atoms. The predicted molar refractivity (Wildman–Crippen MR) is 31.9 cm³/mol. The van der Waals surface area contributed by atoms with Crippen LogP contribution in [0.4, 0.5) is 0 Å². The summed E-state index contributed by atoms with van der Waals surface area (Å²) in [4.78, 5) is 0. The Bertz CT molecular complexity index is 4.75. The molecule has 0 heterocycles. The fourth-order valence-electron chi connectivity index (χ4n) is 0. The van der Waals surface area contributed by atoms with Gasteiger partial charge in [-0.2, -0.15) is 0 Å². The number of hydrogen-bond donors (Lipinski definition) is 0. The summed E-state index contributed by atoms with van der Waals surface area (Å²) in [6.45, 7) is -0.204. The van der Waals surface area contributed by atoms with Gasteiger partial charge in [-0.15, -0.1) is 0 Å². The van der Waals surface area contributed by atoms with Crippen molar-refractivity contribution in [3.63, 3.8) is 0 Å². The van der Waals surface area contributed by atoms with E-state index >= 15 is 0 Å². The summed E-state index contributed by atoms with van der Waals surface area (Å²) < 4.78 is 0. The van der Waals surface area contributed by atoms with Crippen molar-refractivity contribution < 1.29 is 0 Å². The maximum atomic E-state index is 3.20. The lowest BCUT2D eigenvalue weighted by molar-refractivity contribution is 5.19. The van der Waals surface area contributed by atoms with Crippen LogP contribution in [0.15, 0.2) is 0 Å². The Kier molecular flexibility index (Phi) is 4.19. The van der Waals surface area contributed by atoms with Gasteiger partial charge >= 0.3 is 0 Å². The lowest BCUT2D eigenvalue weighted by Gasteiger charge is -2.33. The summed E-state index contributed by atoms with van der Waals surface area (Å²) in [5.41, 5.74) is 0. The lowest BCUT2D eigenvalue weighted by Crippen LogP contribution is -0.870. The van der Waals surface area contributed by atoms with Gasteiger partial charge in [0.05, 0.1) is 0 Å². The Morgan fingerprint density at radius 3 is 1.00 bits per heavy atom. The maximum absolute atomic E-state index is 3.20. The summed E-state index contributed by atoms with van der Waals surface area (Å²) in [5, 5.41) is 0. The van der Waals surface area contributed by atoms with Crippen LogP contribution in [0.2, 0.25) is 0 Å². The Hall–Kier alpha value is 1.72. The van der Waals surface area contributed by atoms with Gasteiger partial charge in [0.2, 0.25) is 0 Å². The monoisotopic (exact) mass is 127 g/mol. The van der Waals surface area contributed by atoms with Crippen LogP contribution in [0.25, 0.3) is 0 Å². The molecule has 0 saturated heterocycles. The van der Waals surface area contributed by atoms with E-state index in [1.54, 1.807) is 0 Å². The molecule has 0 aliphatic heterocycles. The normalized spacial score (nSPS) is 9.00. The molecular weight excluding hydrogens is 124 g/mol. The quantitative estimate of drug-likeness (QED) is 0.438. The molecule has 26 valence electrons. The van der Waals surface area contributed by atoms with E-state index in [2.05, 4.69) is 26.8 Å². The zero-order valence-electron chi connectivity index (χ0n) is 1.95. The number of rotatable bonds is 0. The maximum Gasteiger partial charge on any atom is -0.589 e. The summed E-state index contributed by atoms with van der Waals surface area (Å²) in [5.74, 6) is 0. The third-order valence-electron chi connectivity index (χ3n) is 0. The molecule has 0 amide bonds. The van der Waals surface area contributed by atoms with Crippen molar-refractivity contribution in [1.82, 2.24) is 0 Å². The van der Waals surface area contributed by atoms with E-state index in [4.69, 9.17) is 0 Å². The molecule has 0 rings (SSSR count). The number of hydrogen-bond acceptors (Lipinski definition) is 0. The molecule has 0 aromatic heterocycles. The van der Waals surface area contributed by atoms with Crippen LogP contribution < -0.4 is 0 Å². The van der Waals surface area contributed by atoms with Crippen LogP contribution in [-0.2, 0) is 0 Å². The Labute approximate surface area is 34.5 Å². The van der Waals surface area contributed by atoms with Gasteiger partial charge in [-0.3, -0.25) is 0 Å². The third-order valence-corrected chi connectivity index (χ3v) is 0. The second kappa shape index (κ2) is 2.93. The topological polar surface area (TPSA) is 0 Å². The minimum absolute atomic E-state index is 0.204. The fraction of sp³-hybridized carbons (Fsp3) is 0. The second-order valence-corrected chi connectivity index (χ2v) is 9.06. The molecule has 0 spiro atoms. The van der Waals surface area contributed by atoms with Crippen molar-refractivity contribution in [2.75, 3.05) is 0 Å². The molecule has 0 N–H and O–H groups in total. The third kappa shape index (κ3) is 9.30. The smallest absolute Gasteiger partial charge is 0.589 e. The highest BCUT2D eigenvalue weighted by molar-refractivity contribution is 8.65. The van der Waals surface area contributed by atoms with E-state index in [1.807, 2.05) is 0 Å². The second-order valence-electron chi connectivity index (χ2n) is 0.335. The fourth-order valence-corrected chi connectivity index (χ4v) is 0. The Morgan fingerprint density at radius 1 is 1.00 bits per heavy atom. The van der Waals surface area contributed by atoms with E-state index in [-0.39, 0.29) is 6.99 Å². The Balaban J connectivity index is 2.32. The molecular formula is H3P4-3. The summed E-state index contributed by atoms with van der Waals surface area (Å²) in [7, 11) is 9.61. The van der Waals surface area contributed by atoms with E-state index in [1.165, 1.54) is 0 Å². The molecule has 0 aromatic rings. The minimum Gasteiger partial charge on any atom is -0.612 e. The average molecular weight is 127 g/mol. The van der Waals surface area contributed by atoms with Crippen molar-refractivity contribution in [1.29, 1.82) is 0 Å². The van der Waals surface area contributed by atoms with E-state index < -0.39 is 0 Å². The molecule has 0 atom stereocenters. The van der Waals surface area contributed by atoms with Gasteiger partial charge in [0.1, 0.15) is 0 Å². The first-order valence-corrected chi connectivity index (χ1v) is 6.04. The highest BCUT2D eigenvalue weighted by Gasteiger charge is 1.13. The van der Waals surface area contributed by atoms with Crippen LogP contribution >= 0.6 is 33.8 Å². The van der Waals surface area contributed by atoms with Crippen LogP contribution in [0.1, 0.15) is 0 Å². The van der Waals surface area contributed by atoms with E-state index in [9.17, 15) is 0 Å². The van der Waals surface area contributed by atoms with E-state index in [0.717, 1.165) is 0 Å². The van der Waals surface area contributed by atoms with Crippen LogP contribution in [0.5, 0.6) is 0 Å². The van der Waals surface area contributed by atoms with Gasteiger partial charge in [0, 0.05) is 0 Å². The lowest BCUT2D eigenvalue weighted by atomic mass is 29.2. The van der Waals surface area contributed by atoms with Crippen LogP contribution in [0.3, 0.4) is 0 Å². The zero-order valence-corrected chi connectivity index (χ0v) is 5.84. The molecule has 0 fully saturated rings. The van der Waals surface area contributed by atoms with Gasteiger partial charge in [0.15, 0.2) is 0 Å². The van der Waals surface area contributed by atoms with Crippen molar-refractivity contribution in [2.45, 2.75) is 0 Å². The molecule has 0 saturated carbocycles. The molecule has 0 aromatic carbocycles. The minimum atomic E-state index is -0.204. The average Bonchev–Trinajstić information content (AvgIpc) is 0.811. The van der Waals surface area contributed by atoms with Gasteiger partial charge in [-0.05, 0) is 0 Å². The van der Waals surface area contributed by atoms with Gasteiger partial charge in [-0.25, -0.2) is 0 Å². The Morgan fingerprint density at radius 2 is 1.00 bits per heavy atom. The van der Waals surface area contributed by atoms with Crippen molar-refractivity contribution in [3.8, 4) is 0 Å². The highest BCUT2D eigenvalue weighted by Crippen LogP contribution is 2.59. The molecule has 0 bridgehead atoms. The van der Waals surface area contributed by atoms with Crippen molar-refractivity contribution >= 4 is 33.8 Å². The highest BCUT2D eigenvalue weighted by atomic mass is 32.7. The molecule has 0 radical (unpaired) electrons. The predicted octanol–water partition coefficient (Wildman–Crippen LogP) is 2.64. The van der Waals surface area contributed by atoms with Gasteiger partial charge in [-0.1, -0.05) is 0 Å². The van der Waals surface area contributed by atoms with Crippen LogP contribution in [-0.4, -0.2) is 0 Å². The standard InChI is InChI=1S/H3P4/c1-4(2)3/h1-3H/q-3. The molecule has 0 nitrogen and oxygen atoms in total. The largest absolute Gasteiger partial charge is 0.612 e. The van der Waals surface area contributed by atoms with E-state index in [0.29, 0.717) is 0 Å². The summed E-state index contributed by atoms with van der Waals surface area (Å²) >= 11 is 0. The SMILES string of the molecule is [PH-]P([PH-])[PH-]. The van der Waals surface area contributed by atoms with Crippen molar-refractivity contribution in [2.24, 2.45) is 0 Å². The molecule has 0 aliphatic rings. The van der Waals surface area contributed by atoms with Crippen molar-refractivity contribution in [3.05, 3.63) is 0 Å². The molecule has 4 heteroatoms. The summed E-state index contributed by atoms with van der Waals surface area (Å²) in [6.07, 6.45) is 0. The molecule has 0 aliphatic carbocycles.